The summed E-state index contributed by atoms with van der Waals surface area (Å²) in [5.74, 6) is -0.171. The molecule has 0 heterocycles. The van der Waals surface area contributed by atoms with Crippen LogP contribution in [0.15, 0.2) is 42.5 Å². The van der Waals surface area contributed by atoms with E-state index in [1.54, 1.807) is 14.2 Å². The van der Waals surface area contributed by atoms with Crippen molar-refractivity contribution in [3.63, 3.8) is 0 Å². The second-order valence-corrected chi connectivity index (χ2v) is 5.24. The highest BCUT2D eigenvalue weighted by Crippen LogP contribution is 2.22. The second-order valence-electron chi connectivity index (χ2n) is 4.84. The van der Waals surface area contributed by atoms with Gasteiger partial charge in [0, 0.05) is 13.7 Å². The molecule has 0 fully saturated rings. The zero-order chi connectivity index (χ0) is 16.8. The van der Waals surface area contributed by atoms with Crippen molar-refractivity contribution in [1.29, 1.82) is 0 Å². The molecule has 1 N–H and O–H groups in total. The van der Waals surface area contributed by atoms with Crippen molar-refractivity contribution in [2.45, 2.75) is 6.10 Å². The fourth-order valence-electron chi connectivity index (χ4n) is 2.13. The minimum atomic E-state index is -0.488. The number of nitrogens with one attached hydrogen (secondary N) is 1. The number of hydrogen-bond donors (Lipinski definition) is 1. The Balaban J connectivity index is 2.06. The maximum Gasteiger partial charge on any atom is 0.252 e. The molecular formula is C17H17ClFNO3. The van der Waals surface area contributed by atoms with Crippen LogP contribution in [0, 0.1) is 5.82 Å². The summed E-state index contributed by atoms with van der Waals surface area (Å²) < 4.78 is 23.6. The van der Waals surface area contributed by atoms with E-state index < -0.39 is 5.82 Å². The fraction of sp³-hybridized carbons (Fsp3) is 0.235. The van der Waals surface area contributed by atoms with Crippen molar-refractivity contribution < 1.29 is 18.7 Å². The Morgan fingerprint density at radius 3 is 2.70 bits per heavy atom. The van der Waals surface area contributed by atoms with Crippen molar-refractivity contribution in [3.8, 4) is 5.75 Å². The van der Waals surface area contributed by atoms with Crippen LogP contribution < -0.4 is 10.1 Å². The van der Waals surface area contributed by atoms with Crippen LogP contribution in [-0.2, 0) is 4.74 Å². The molecule has 2 rings (SSSR count). The average Bonchev–Trinajstić information content (AvgIpc) is 2.55. The molecule has 2 aromatic carbocycles. The Morgan fingerprint density at radius 2 is 2.04 bits per heavy atom. The second kappa shape index (κ2) is 7.94. The lowest BCUT2D eigenvalue weighted by atomic mass is 10.1. The average molecular weight is 338 g/mol. The minimum absolute atomic E-state index is 0.0675. The zero-order valence-corrected chi connectivity index (χ0v) is 13.6. The van der Waals surface area contributed by atoms with Gasteiger partial charge in [0.05, 0.1) is 23.8 Å². The highest BCUT2D eigenvalue weighted by atomic mass is 35.5. The van der Waals surface area contributed by atoms with Gasteiger partial charge in [0.25, 0.3) is 5.91 Å². The molecule has 6 heteroatoms. The molecular weight excluding hydrogens is 321 g/mol. The van der Waals surface area contributed by atoms with Crippen LogP contribution in [0.5, 0.6) is 5.75 Å². The molecule has 0 aromatic heterocycles. The summed E-state index contributed by atoms with van der Waals surface area (Å²) in [4.78, 5) is 12.2. The van der Waals surface area contributed by atoms with Gasteiger partial charge in [0.2, 0.25) is 0 Å². The van der Waals surface area contributed by atoms with Gasteiger partial charge >= 0.3 is 0 Å². The highest BCUT2D eigenvalue weighted by Gasteiger charge is 2.15. The van der Waals surface area contributed by atoms with Crippen LogP contribution >= 0.6 is 11.6 Å². The third kappa shape index (κ3) is 4.43. The predicted molar refractivity (Wildman–Crippen MR) is 86.5 cm³/mol. The number of carbonyl (C=O) groups excluding carboxylic acids is 1. The first-order valence-electron chi connectivity index (χ1n) is 6.95. The maximum atomic E-state index is 13.0. The summed E-state index contributed by atoms with van der Waals surface area (Å²) in [5, 5.41) is 2.80. The Bertz CT molecular complexity index is 693. The van der Waals surface area contributed by atoms with Crippen molar-refractivity contribution in [3.05, 3.63) is 64.4 Å². The quantitative estimate of drug-likeness (QED) is 0.876. The van der Waals surface area contributed by atoms with Crippen molar-refractivity contribution in [2.75, 3.05) is 20.8 Å². The number of ether oxygens (including phenoxy) is 2. The monoisotopic (exact) mass is 337 g/mol. The van der Waals surface area contributed by atoms with E-state index in [2.05, 4.69) is 5.32 Å². The van der Waals surface area contributed by atoms with Crippen LogP contribution in [0.4, 0.5) is 4.39 Å². The number of rotatable bonds is 6. The summed E-state index contributed by atoms with van der Waals surface area (Å²) in [6.07, 6.45) is -0.340. The van der Waals surface area contributed by atoms with E-state index in [0.29, 0.717) is 5.75 Å². The minimum Gasteiger partial charge on any atom is -0.497 e. The van der Waals surface area contributed by atoms with E-state index in [1.165, 1.54) is 12.1 Å². The number of amides is 1. The molecule has 2 aromatic rings. The molecule has 0 unspecified atom stereocenters. The maximum absolute atomic E-state index is 13.0. The molecule has 0 saturated carbocycles. The lowest BCUT2D eigenvalue weighted by Crippen LogP contribution is -2.29. The van der Waals surface area contributed by atoms with Gasteiger partial charge in [0.1, 0.15) is 11.6 Å². The van der Waals surface area contributed by atoms with Crippen molar-refractivity contribution >= 4 is 17.5 Å². The SMILES string of the molecule is COc1cccc([C@@H](CNC(=O)c2ccc(F)cc2Cl)OC)c1. The topological polar surface area (TPSA) is 47.6 Å². The van der Waals surface area contributed by atoms with Gasteiger partial charge in [-0.1, -0.05) is 23.7 Å². The number of methoxy groups -OCH3 is 2. The van der Waals surface area contributed by atoms with E-state index in [9.17, 15) is 9.18 Å². The zero-order valence-electron chi connectivity index (χ0n) is 12.8. The molecule has 0 aliphatic heterocycles. The van der Waals surface area contributed by atoms with Crippen LogP contribution in [0.2, 0.25) is 5.02 Å². The number of carbonyl (C=O) groups is 1. The smallest absolute Gasteiger partial charge is 0.252 e. The Kier molecular flexibility index (Phi) is 5.96. The van der Waals surface area contributed by atoms with Crippen LogP contribution in [-0.4, -0.2) is 26.7 Å². The summed E-state index contributed by atoms with van der Waals surface area (Å²) in [6, 6.07) is 11.0. The third-order valence-electron chi connectivity index (χ3n) is 3.37. The third-order valence-corrected chi connectivity index (χ3v) is 3.69. The number of hydrogen-bond acceptors (Lipinski definition) is 3. The standard InChI is InChI=1S/C17H17ClFNO3/c1-22-13-5-3-4-11(8-13)16(23-2)10-20-17(21)14-7-6-12(19)9-15(14)18/h3-9,16H,10H2,1-2H3,(H,20,21)/t16-/m1/s1. The molecule has 0 aliphatic carbocycles. The van der Waals surface area contributed by atoms with E-state index >= 15 is 0 Å². The van der Waals surface area contributed by atoms with E-state index in [1.807, 2.05) is 24.3 Å². The van der Waals surface area contributed by atoms with E-state index in [0.717, 1.165) is 11.6 Å². The normalized spacial score (nSPS) is 11.8. The number of benzene rings is 2. The van der Waals surface area contributed by atoms with Gasteiger partial charge in [-0.05, 0) is 35.9 Å². The molecule has 0 radical (unpaired) electrons. The van der Waals surface area contributed by atoms with Crippen LogP contribution in [0.25, 0.3) is 0 Å². The summed E-state index contributed by atoms with van der Waals surface area (Å²) in [7, 11) is 3.14. The largest absolute Gasteiger partial charge is 0.497 e. The molecule has 0 bridgehead atoms. The molecule has 0 spiro atoms. The van der Waals surface area contributed by atoms with E-state index in [-0.39, 0.29) is 29.1 Å². The molecule has 0 aliphatic rings. The lowest BCUT2D eigenvalue weighted by Gasteiger charge is -2.17. The number of halogens is 2. The van der Waals surface area contributed by atoms with Crippen LogP contribution in [0.3, 0.4) is 0 Å². The molecule has 23 heavy (non-hydrogen) atoms. The summed E-state index contributed by atoms with van der Waals surface area (Å²) in [6.45, 7) is 0.246. The molecule has 1 atom stereocenters. The van der Waals surface area contributed by atoms with Crippen LogP contribution in [0.1, 0.15) is 22.0 Å². The fourth-order valence-corrected chi connectivity index (χ4v) is 2.39. The van der Waals surface area contributed by atoms with Crippen molar-refractivity contribution in [1.82, 2.24) is 5.32 Å². The Labute approximate surface area is 139 Å². The first-order chi connectivity index (χ1) is 11.0. The molecule has 1 amide bonds. The van der Waals surface area contributed by atoms with Gasteiger partial charge < -0.3 is 14.8 Å². The van der Waals surface area contributed by atoms with Gasteiger partial charge in [-0.2, -0.15) is 0 Å². The lowest BCUT2D eigenvalue weighted by molar-refractivity contribution is 0.0827. The highest BCUT2D eigenvalue weighted by molar-refractivity contribution is 6.33. The Morgan fingerprint density at radius 1 is 1.26 bits per heavy atom. The van der Waals surface area contributed by atoms with Gasteiger partial charge in [0.15, 0.2) is 0 Å². The Hall–Kier alpha value is -2.11. The van der Waals surface area contributed by atoms with Gasteiger partial charge in [-0.15, -0.1) is 0 Å². The van der Waals surface area contributed by atoms with Crippen molar-refractivity contribution in [2.24, 2.45) is 0 Å². The first kappa shape index (κ1) is 17.2. The summed E-state index contributed by atoms with van der Waals surface area (Å²) in [5.41, 5.74) is 1.09. The molecule has 122 valence electrons. The predicted octanol–water partition coefficient (Wildman–Crippen LogP) is 3.61. The van der Waals surface area contributed by atoms with Gasteiger partial charge in [-0.3, -0.25) is 4.79 Å². The molecule has 0 saturated heterocycles. The summed E-state index contributed by atoms with van der Waals surface area (Å²) >= 11 is 5.88. The molecule has 4 nitrogen and oxygen atoms in total. The van der Waals surface area contributed by atoms with E-state index in [4.69, 9.17) is 21.1 Å². The van der Waals surface area contributed by atoms with Gasteiger partial charge in [-0.25, -0.2) is 4.39 Å². The first-order valence-corrected chi connectivity index (χ1v) is 7.33.